The second kappa shape index (κ2) is 7.89. The van der Waals surface area contributed by atoms with E-state index in [2.05, 4.69) is 29.1 Å². The molecule has 2 aliphatic heterocycles. The average Bonchev–Trinajstić information content (AvgIpc) is 3.14. The van der Waals surface area contributed by atoms with Crippen molar-refractivity contribution in [1.82, 2.24) is 19.8 Å². The van der Waals surface area contributed by atoms with Gasteiger partial charge in [0.2, 0.25) is 0 Å². The van der Waals surface area contributed by atoms with Gasteiger partial charge in [-0.1, -0.05) is 24.3 Å². The molecule has 5 rings (SSSR count). The molecule has 3 heterocycles. The molecule has 7 nitrogen and oxygen atoms in total. The van der Waals surface area contributed by atoms with E-state index in [9.17, 15) is 4.79 Å². The number of para-hydroxylation sites is 4. The second-order valence-corrected chi connectivity index (χ2v) is 7.96. The van der Waals surface area contributed by atoms with E-state index in [4.69, 9.17) is 14.5 Å². The summed E-state index contributed by atoms with van der Waals surface area (Å²) in [6, 6.07) is 15.8. The number of likely N-dealkylation sites (tertiary alicyclic amines) is 1. The van der Waals surface area contributed by atoms with Crippen LogP contribution in [0.5, 0.6) is 11.5 Å². The van der Waals surface area contributed by atoms with Crippen molar-refractivity contribution in [1.29, 1.82) is 0 Å². The summed E-state index contributed by atoms with van der Waals surface area (Å²) in [5, 5.41) is 3.00. The number of hydrogen-bond donors (Lipinski definition) is 1. The third kappa shape index (κ3) is 3.56. The fraction of sp³-hybridized carbons (Fsp3) is 0.391. The lowest BCUT2D eigenvalue weighted by Gasteiger charge is -2.32. The zero-order valence-corrected chi connectivity index (χ0v) is 17.1. The van der Waals surface area contributed by atoms with Crippen LogP contribution >= 0.6 is 0 Å². The molecule has 2 aliphatic rings. The van der Waals surface area contributed by atoms with E-state index in [0.717, 1.165) is 54.3 Å². The molecule has 1 atom stereocenters. The molecular weight excluding hydrogens is 380 g/mol. The summed E-state index contributed by atoms with van der Waals surface area (Å²) in [5.74, 6) is 2.97. The van der Waals surface area contributed by atoms with Crippen molar-refractivity contribution < 1.29 is 14.3 Å². The number of nitrogens with one attached hydrogen (secondary N) is 1. The number of piperidine rings is 1. The summed E-state index contributed by atoms with van der Waals surface area (Å²) in [6.45, 7) is 2.32. The van der Waals surface area contributed by atoms with Crippen molar-refractivity contribution in [2.45, 2.75) is 24.9 Å². The van der Waals surface area contributed by atoms with Gasteiger partial charge < -0.3 is 24.3 Å². The van der Waals surface area contributed by atoms with Crippen molar-refractivity contribution in [2.75, 3.05) is 26.2 Å². The maximum atomic E-state index is 12.6. The number of hydrogen-bond acceptors (Lipinski definition) is 4. The summed E-state index contributed by atoms with van der Waals surface area (Å²) >= 11 is 0. The first-order chi connectivity index (χ1) is 14.7. The van der Waals surface area contributed by atoms with E-state index in [1.807, 2.05) is 41.3 Å². The third-order valence-electron chi connectivity index (χ3n) is 6.02. The molecule has 0 spiro atoms. The molecule has 30 heavy (non-hydrogen) atoms. The first-order valence-corrected chi connectivity index (χ1v) is 10.5. The first-order valence-electron chi connectivity index (χ1n) is 10.5. The van der Waals surface area contributed by atoms with Crippen molar-refractivity contribution in [3.05, 3.63) is 54.4 Å². The highest BCUT2D eigenvalue weighted by Gasteiger charge is 2.28. The summed E-state index contributed by atoms with van der Waals surface area (Å²) < 4.78 is 13.8. The Labute approximate surface area is 175 Å². The van der Waals surface area contributed by atoms with Crippen molar-refractivity contribution in [2.24, 2.45) is 7.05 Å². The van der Waals surface area contributed by atoms with E-state index in [1.165, 1.54) is 0 Å². The van der Waals surface area contributed by atoms with Gasteiger partial charge in [0.1, 0.15) is 12.4 Å². The lowest BCUT2D eigenvalue weighted by molar-refractivity contribution is 0.0895. The molecule has 7 heteroatoms. The third-order valence-corrected chi connectivity index (χ3v) is 6.02. The minimum atomic E-state index is -0.179. The van der Waals surface area contributed by atoms with Gasteiger partial charge in [-0.05, 0) is 37.1 Å². The van der Waals surface area contributed by atoms with Gasteiger partial charge in [-0.15, -0.1) is 0 Å². The summed E-state index contributed by atoms with van der Waals surface area (Å²) in [4.78, 5) is 19.4. The number of nitrogens with zero attached hydrogens (tertiary/aromatic N) is 3. The Hall–Kier alpha value is -3.22. The fourth-order valence-corrected chi connectivity index (χ4v) is 4.35. The van der Waals surface area contributed by atoms with Gasteiger partial charge >= 0.3 is 6.03 Å². The van der Waals surface area contributed by atoms with Crippen LogP contribution in [0.15, 0.2) is 48.5 Å². The van der Waals surface area contributed by atoms with E-state index in [1.54, 1.807) is 0 Å². The normalized spacial score (nSPS) is 19.1. The molecular formula is C23H26N4O3. The lowest BCUT2D eigenvalue weighted by Crippen LogP contribution is -2.48. The fourth-order valence-electron chi connectivity index (χ4n) is 4.35. The van der Waals surface area contributed by atoms with Gasteiger partial charge in [0, 0.05) is 26.1 Å². The number of ether oxygens (including phenoxy) is 2. The van der Waals surface area contributed by atoms with Gasteiger partial charge in [0.25, 0.3) is 0 Å². The van der Waals surface area contributed by atoms with Crippen LogP contribution in [0, 0.1) is 0 Å². The average molecular weight is 406 g/mol. The molecule has 1 fully saturated rings. The SMILES string of the molecule is Cn1c(C2CCN(C(=O)NC[C@@H]3COc4ccccc4O3)CC2)nc2ccccc21. The monoisotopic (exact) mass is 406 g/mol. The van der Waals surface area contributed by atoms with Gasteiger partial charge in [-0.3, -0.25) is 0 Å². The molecule has 0 saturated carbocycles. The number of fused-ring (bicyclic) bond motifs is 2. The van der Waals surface area contributed by atoms with Crippen LogP contribution in [0.4, 0.5) is 4.79 Å². The van der Waals surface area contributed by atoms with E-state index in [-0.39, 0.29) is 12.1 Å². The number of urea groups is 1. The highest BCUT2D eigenvalue weighted by atomic mass is 16.6. The van der Waals surface area contributed by atoms with Crippen molar-refractivity contribution in [3.8, 4) is 11.5 Å². The van der Waals surface area contributed by atoms with Crippen LogP contribution in [0.1, 0.15) is 24.6 Å². The van der Waals surface area contributed by atoms with Crippen LogP contribution in [-0.4, -0.2) is 52.8 Å². The molecule has 1 aromatic heterocycles. The molecule has 2 amide bonds. The van der Waals surface area contributed by atoms with Gasteiger partial charge in [0.15, 0.2) is 17.6 Å². The van der Waals surface area contributed by atoms with E-state index >= 15 is 0 Å². The maximum absolute atomic E-state index is 12.6. The minimum absolute atomic E-state index is 0.0408. The minimum Gasteiger partial charge on any atom is -0.486 e. The Morgan fingerprint density at radius 1 is 1.10 bits per heavy atom. The maximum Gasteiger partial charge on any atom is 0.317 e. The summed E-state index contributed by atoms with van der Waals surface area (Å²) in [7, 11) is 2.08. The van der Waals surface area contributed by atoms with Gasteiger partial charge in [-0.25, -0.2) is 9.78 Å². The Balaban J connectivity index is 1.14. The molecule has 2 aromatic carbocycles. The Morgan fingerprint density at radius 3 is 2.63 bits per heavy atom. The number of aryl methyl sites for hydroxylation is 1. The first kappa shape index (κ1) is 18.8. The Bertz CT molecular complexity index is 1060. The smallest absolute Gasteiger partial charge is 0.317 e. The van der Waals surface area contributed by atoms with Crippen LogP contribution in [0.3, 0.4) is 0 Å². The molecule has 3 aromatic rings. The molecule has 156 valence electrons. The zero-order valence-electron chi connectivity index (χ0n) is 17.1. The highest BCUT2D eigenvalue weighted by Crippen LogP contribution is 2.31. The largest absolute Gasteiger partial charge is 0.486 e. The van der Waals surface area contributed by atoms with Crippen LogP contribution < -0.4 is 14.8 Å². The molecule has 1 saturated heterocycles. The molecule has 0 radical (unpaired) electrons. The van der Waals surface area contributed by atoms with E-state index in [0.29, 0.717) is 19.1 Å². The predicted molar refractivity (Wildman–Crippen MR) is 114 cm³/mol. The number of carbonyl (C=O) groups excluding carboxylic acids is 1. The standard InChI is InChI=1S/C23H26N4O3/c1-26-19-7-3-2-6-18(19)25-22(26)16-10-12-27(13-11-16)23(28)24-14-17-15-29-20-8-4-5-9-21(20)30-17/h2-9,16-17H,10-15H2,1H3,(H,24,28)/t17-/m1/s1. The van der Waals surface area contributed by atoms with Gasteiger partial charge in [0.05, 0.1) is 17.6 Å². The summed E-state index contributed by atoms with van der Waals surface area (Å²) in [6.07, 6.45) is 1.66. The Kier molecular flexibility index (Phi) is 4.94. The number of aromatic nitrogens is 2. The molecule has 1 N–H and O–H groups in total. The zero-order chi connectivity index (χ0) is 20.5. The quantitative estimate of drug-likeness (QED) is 0.725. The topological polar surface area (TPSA) is 68.6 Å². The van der Waals surface area contributed by atoms with Crippen LogP contribution in [-0.2, 0) is 7.05 Å². The predicted octanol–water partition coefficient (Wildman–Crippen LogP) is 3.30. The lowest BCUT2D eigenvalue weighted by atomic mass is 9.96. The molecule has 0 aliphatic carbocycles. The van der Waals surface area contributed by atoms with Crippen LogP contribution in [0.2, 0.25) is 0 Å². The van der Waals surface area contributed by atoms with Gasteiger partial charge in [-0.2, -0.15) is 0 Å². The van der Waals surface area contributed by atoms with E-state index < -0.39 is 0 Å². The number of rotatable bonds is 3. The molecule has 0 unspecified atom stereocenters. The number of benzene rings is 2. The van der Waals surface area contributed by atoms with Crippen molar-refractivity contribution in [3.63, 3.8) is 0 Å². The number of carbonyl (C=O) groups is 1. The van der Waals surface area contributed by atoms with Crippen LogP contribution in [0.25, 0.3) is 11.0 Å². The Morgan fingerprint density at radius 2 is 1.83 bits per heavy atom. The summed E-state index contributed by atoms with van der Waals surface area (Å²) in [5.41, 5.74) is 2.19. The highest BCUT2D eigenvalue weighted by molar-refractivity contribution is 5.76. The van der Waals surface area contributed by atoms with Crippen molar-refractivity contribution >= 4 is 17.1 Å². The number of imidazole rings is 1. The molecule has 0 bridgehead atoms. The number of amides is 2. The second-order valence-electron chi connectivity index (χ2n) is 7.96.